The smallest absolute Gasteiger partial charge is 0.239 e. The van der Waals surface area contributed by atoms with Gasteiger partial charge in [-0.05, 0) is 30.9 Å². The van der Waals surface area contributed by atoms with Gasteiger partial charge >= 0.3 is 0 Å². The minimum absolute atomic E-state index is 0.0467. The molecule has 1 aromatic carbocycles. The fraction of sp³-hybridized carbons (Fsp3) is 0.562. The van der Waals surface area contributed by atoms with E-state index in [1.54, 1.807) is 0 Å². The Morgan fingerprint density at radius 2 is 1.85 bits per heavy atom. The Kier molecular flexibility index (Phi) is 2.91. The molecule has 0 spiro atoms. The van der Waals surface area contributed by atoms with Gasteiger partial charge in [0.05, 0.1) is 5.69 Å². The molecule has 3 aliphatic rings. The Labute approximate surface area is 119 Å². The molecule has 20 heavy (non-hydrogen) atoms. The van der Waals surface area contributed by atoms with Crippen molar-refractivity contribution in [2.24, 2.45) is 11.8 Å². The molecule has 1 aromatic rings. The third-order valence-corrected chi connectivity index (χ3v) is 5.16. The number of hydrogen-bond acceptors (Lipinski definition) is 3. The van der Waals surface area contributed by atoms with Crippen molar-refractivity contribution in [3.05, 3.63) is 30.3 Å². The van der Waals surface area contributed by atoms with Gasteiger partial charge in [-0.1, -0.05) is 31.0 Å². The molecule has 2 N–H and O–H groups in total. The Hall–Kier alpha value is -1.55. The van der Waals surface area contributed by atoms with Crippen molar-refractivity contribution in [2.45, 2.75) is 37.8 Å². The van der Waals surface area contributed by atoms with Gasteiger partial charge in [-0.2, -0.15) is 0 Å². The van der Waals surface area contributed by atoms with E-state index in [-0.39, 0.29) is 11.9 Å². The zero-order valence-electron chi connectivity index (χ0n) is 11.6. The van der Waals surface area contributed by atoms with Crippen molar-refractivity contribution >= 4 is 11.6 Å². The topological polar surface area (TPSA) is 44.4 Å². The van der Waals surface area contributed by atoms with Crippen LogP contribution in [0.2, 0.25) is 0 Å². The molecule has 1 saturated carbocycles. The first-order valence-corrected chi connectivity index (χ1v) is 7.72. The van der Waals surface area contributed by atoms with Gasteiger partial charge in [0.15, 0.2) is 0 Å². The van der Waals surface area contributed by atoms with Crippen LogP contribution in [0.5, 0.6) is 0 Å². The fourth-order valence-corrected chi connectivity index (χ4v) is 4.18. The highest BCUT2D eigenvalue weighted by Crippen LogP contribution is 2.38. The normalized spacial score (nSPS) is 36.2. The molecule has 0 aromatic heterocycles. The first kappa shape index (κ1) is 12.2. The zero-order chi connectivity index (χ0) is 13.5. The third-order valence-electron chi connectivity index (χ3n) is 5.16. The number of amides is 1. The van der Waals surface area contributed by atoms with Gasteiger partial charge in [0.25, 0.3) is 0 Å². The number of hydrazine groups is 1. The summed E-state index contributed by atoms with van der Waals surface area (Å²) in [4.78, 5) is 12.3. The van der Waals surface area contributed by atoms with E-state index in [9.17, 15) is 4.79 Å². The van der Waals surface area contributed by atoms with Gasteiger partial charge in [-0.3, -0.25) is 4.79 Å². The first-order valence-electron chi connectivity index (χ1n) is 7.72. The van der Waals surface area contributed by atoms with Crippen LogP contribution < -0.4 is 15.8 Å². The summed E-state index contributed by atoms with van der Waals surface area (Å²) in [6.45, 7) is 0.948. The number of benzene rings is 1. The average Bonchev–Trinajstić information content (AvgIpc) is 2.94. The van der Waals surface area contributed by atoms with E-state index in [0.717, 1.165) is 18.7 Å². The second-order valence-electron chi connectivity index (χ2n) is 6.28. The highest BCUT2D eigenvalue weighted by Gasteiger charge is 2.49. The van der Waals surface area contributed by atoms with E-state index in [4.69, 9.17) is 0 Å². The number of piperidine rings is 1. The number of rotatable bonds is 1. The summed E-state index contributed by atoms with van der Waals surface area (Å²) in [5.74, 6) is 1.29. The summed E-state index contributed by atoms with van der Waals surface area (Å²) in [5, 5.41) is 5.39. The van der Waals surface area contributed by atoms with Gasteiger partial charge < -0.3 is 10.3 Å². The van der Waals surface area contributed by atoms with Crippen LogP contribution in [0.1, 0.15) is 25.7 Å². The molecule has 1 aliphatic carbocycles. The number of carbonyl (C=O) groups is 1. The number of para-hydroxylation sites is 1. The number of hydrogen-bond donors (Lipinski definition) is 2. The third kappa shape index (κ3) is 1.90. The van der Waals surface area contributed by atoms with E-state index in [1.807, 2.05) is 18.2 Å². The summed E-state index contributed by atoms with van der Waals surface area (Å²) in [5.41, 5.74) is 4.57. The minimum atomic E-state index is -0.0467. The van der Waals surface area contributed by atoms with E-state index in [2.05, 4.69) is 27.9 Å². The molecule has 1 amide bonds. The van der Waals surface area contributed by atoms with E-state index in [0.29, 0.717) is 17.9 Å². The van der Waals surface area contributed by atoms with Crippen molar-refractivity contribution in [2.75, 3.05) is 11.6 Å². The van der Waals surface area contributed by atoms with Crippen LogP contribution in [0.15, 0.2) is 30.3 Å². The SMILES string of the molecule is O=C1NC2CCCCC2C2CN(c3ccccc3)NC12. The minimum Gasteiger partial charge on any atom is -0.352 e. The average molecular weight is 271 g/mol. The predicted molar refractivity (Wildman–Crippen MR) is 78.1 cm³/mol. The Morgan fingerprint density at radius 3 is 2.70 bits per heavy atom. The van der Waals surface area contributed by atoms with Crippen LogP contribution in [0.25, 0.3) is 0 Å². The quantitative estimate of drug-likeness (QED) is 0.817. The van der Waals surface area contributed by atoms with Crippen LogP contribution in [0, 0.1) is 11.8 Å². The van der Waals surface area contributed by atoms with Crippen LogP contribution in [0.4, 0.5) is 5.69 Å². The summed E-state index contributed by atoms with van der Waals surface area (Å²) < 4.78 is 0. The molecule has 0 bridgehead atoms. The van der Waals surface area contributed by atoms with Crippen molar-refractivity contribution in [1.82, 2.24) is 10.7 Å². The molecule has 0 radical (unpaired) electrons. The number of nitrogens with one attached hydrogen (secondary N) is 2. The van der Waals surface area contributed by atoms with Crippen LogP contribution in [-0.2, 0) is 4.79 Å². The highest BCUT2D eigenvalue weighted by atomic mass is 16.2. The fourth-order valence-electron chi connectivity index (χ4n) is 4.18. The van der Waals surface area contributed by atoms with E-state index < -0.39 is 0 Å². The maximum atomic E-state index is 12.3. The lowest BCUT2D eigenvalue weighted by molar-refractivity contribution is -0.128. The maximum Gasteiger partial charge on any atom is 0.239 e. The lowest BCUT2D eigenvalue weighted by Crippen LogP contribution is -2.59. The maximum absolute atomic E-state index is 12.3. The largest absolute Gasteiger partial charge is 0.352 e. The summed E-state index contributed by atoms with van der Waals surface area (Å²) >= 11 is 0. The lowest BCUT2D eigenvalue weighted by Gasteiger charge is -2.41. The van der Waals surface area contributed by atoms with Gasteiger partial charge in [0.2, 0.25) is 5.91 Å². The predicted octanol–water partition coefficient (Wildman–Crippen LogP) is 1.68. The molecule has 2 aliphatic heterocycles. The standard InChI is InChI=1S/C16H21N3O/c20-16-15-13(12-8-4-5-9-14(12)17-16)10-19(18-15)11-6-2-1-3-7-11/h1-3,6-7,12-15,18H,4-5,8-10H2,(H,17,20). The number of nitrogens with zero attached hydrogens (tertiary/aromatic N) is 1. The molecule has 4 atom stereocenters. The molecule has 106 valence electrons. The Bertz CT molecular complexity index is 504. The molecule has 4 nitrogen and oxygen atoms in total. The lowest BCUT2D eigenvalue weighted by atomic mass is 9.71. The Morgan fingerprint density at radius 1 is 1.05 bits per heavy atom. The summed E-state index contributed by atoms with van der Waals surface area (Å²) in [6, 6.07) is 10.7. The highest BCUT2D eigenvalue weighted by molar-refractivity contribution is 5.84. The molecule has 4 unspecified atom stereocenters. The number of anilines is 1. The van der Waals surface area contributed by atoms with Crippen LogP contribution >= 0.6 is 0 Å². The first-order chi connectivity index (χ1) is 9.83. The van der Waals surface area contributed by atoms with Gasteiger partial charge in [0, 0.05) is 18.5 Å². The van der Waals surface area contributed by atoms with E-state index >= 15 is 0 Å². The Balaban J connectivity index is 1.59. The monoisotopic (exact) mass is 271 g/mol. The molecular weight excluding hydrogens is 250 g/mol. The molecule has 3 fully saturated rings. The molecular formula is C16H21N3O. The molecule has 2 heterocycles. The van der Waals surface area contributed by atoms with E-state index in [1.165, 1.54) is 19.3 Å². The van der Waals surface area contributed by atoms with Gasteiger partial charge in [-0.15, -0.1) is 0 Å². The van der Waals surface area contributed by atoms with Gasteiger partial charge in [0.1, 0.15) is 6.04 Å². The number of carbonyl (C=O) groups excluding carboxylic acids is 1. The summed E-state index contributed by atoms with van der Waals surface area (Å²) in [7, 11) is 0. The van der Waals surface area contributed by atoms with Crippen LogP contribution in [0.3, 0.4) is 0 Å². The second kappa shape index (κ2) is 4.77. The van der Waals surface area contributed by atoms with Crippen molar-refractivity contribution in [1.29, 1.82) is 0 Å². The van der Waals surface area contributed by atoms with Crippen molar-refractivity contribution in [3.8, 4) is 0 Å². The second-order valence-corrected chi connectivity index (χ2v) is 6.28. The number of fused-ring (bicyclic) bond motifs is 3. The zero-order valence-corrected chi connectivity index (χ0v) is 11.6. The van der Waals surface area contributed by atoms with Crippen molar-refractivity contribution < 1.29 is 4.79 Å². The van der Waals surface area contributed by atoms with Crippen molar-refractivity contribution in [3.63, 3.8) is 0 Å². The van der Waals surface area contributed by atoms with Gasteiger partial charge in [-0.25, -0.2) is 5.43 Å². The summed E-state index contributed by atoms with van der Waals surface area (Å²) in [6.07, 6.45) is 4.99. The molecule has 4 rings (SSSR count). The molecule has 4 heteroatoms. The molecule has 2 saturated heterocycles. The van der Waals surface area contributed by atoms with Crippen LogP contribution in [-0.4, -0.2) is 24.5 Å².